The molecule has 0 spiro atoms. The maximum Gasteiger partial charge on any atom is 0.270 e. The first kappa shape index (κ1) is 27.3. The van der Waals surface area contributed by atoms with Crippen LogP contribution >= 0.6 is 0 Å². The second kappa shape index (κ2) is 10.4. The van der Waals surface area contributed by atoms with E-state index in [0.29, 0.717) is 43.9 Å². The molecule has 3 aliphatic rings. The molecule has 2 N–H and O–H groups in total. The Morgan fingerprint density at radius 3 is 2.59 bits per heavy atom. The monoisotopic (exact) mass is 546 g/mol. The number of nitrogens with zero attached hydrogens (tertiary/aromatic N) is 5. The molecule has 3 heterocycles. The summed E-state index contributed by atoms with van der Waals surface area (Å²) in [4.78, 5) is 43.1. The Morgan fingerprint density at radius 2 is 1.97 bits per heavy atom. The van der Waals surface area contributed by atoms with Crippen LogP contribution < -0.4 is 10.9 Å². The molecule has 212 valence electrons. The van der Waals surface area contributed by atoms with E-state index in [1.807, 2.05) is 20.8 Å². The van der Waals surface area contributed by atoms with Crippen molar-refractivity contribution in [3.05, 3.63) is 33.8 Å². The Bertz CT molecular complexity index is 1350. The van der Waals surface area contributed by atoms with Crippen molar-refractivity contribution in [3.63, 3.8) is 0 Å². The Labute approximate surface area is 225 Å². The minimum atomic E-state index is -2.53. The van der Waals surface area contributed by atoms with Crippen LogP contribution in [0.2, 0.25) is 0 Å². The van der Waals surface area contributed by atoms with Crippen LogP contribution in [-0.2, 0) is 11.3 Å². The SMILES string of the molecule is CC(C)Cn1c(=O)c(C(=O)NC2CC2)c(O)n2ncc(/C=C/C(=O)N3CCN(CC4CC(F)(F)C4)C[C@@H]3C)c12. The highest BCUT2D eigenvalue weighted by molar-refractivity contribution is 5.97. The number of hydrogen-bond acceptors (Lipinski definition) is 6. The van der Waals surface area contributed by atoms with Crippen molar-refractivity contribution in [1.82, 2.24) is 29.3 Å². The molecule has 10 nitrogen and oxygen atoms in total. The Kier molecular flexibility index (Phi) is 7.25. The van der Waals surface area contributed by atoms with Crippen LogP contribution in [0.1, 0.15) is 62.4 Å². The smallest absolute Gasteiger partial charge is 0.270 e. The van der Waals surface area contributed by atoms with E-state index in [1.54, 1.807) is 11.0 Å². The minimum Gasteiger partial charge on any atom is -0.492 e. The first-order valence-corrected chi connectivity index (χ1v) is 13.7. The summed E-state index contributed by atoms with van der Waals surface area (Å²) in [7, 11) is 0. The van der Waals surface area contributed by atoms with E-state index in [9.17, 15) is 28.3 Å². The fourth-order valence-electron chi connectivity index (χ4n) is 5.61. The molecular weight excluding hydrogens is 510 g/mol. The topological polar surface area (TPSA) is 112 Å². The highest BCUT2D eigenvalue weighted by atomic mass is 19.3. The van der Waals surface area contributed by atoms with E-state index in [-0.39, 0.29) is 48.2 Å². The Morgan fingerprint density at radius 1 is 1.26 bits per heavy atom. The van der Waals surface area contributed by atoms with E-state index in [1.165, 1.54) is 21.4 Å². The quantitative estimate of drug-likeness (QED) is 0.492. The molecule has 2 aromatic heterocycles. The summed E-state index contributed by atoms with van der Waals surface area (Å²) < 4.78 is 29.0. The van der Waals surface area contributed by atoms with Crippen molar-refractivity contribution in [2.24, 2.45) is 11.8 Å². The molecule has 0 radical (unpaired) electrons. The van der Waals surface area contributed by atoms with E-state index < -0.39 is 23.3 Å². The number of aromatic nitrogens is 3. The number of amides is 2. The average molecular weight is 547 g/mol. The molecule has 1 saturated heterocycles. The summed E-state index contributed by atoms with van der Waals surface area (Å²) in [5.41, 5.74) is -0.194. The Hall–Kier alpha value is -3.28. The number of fused-ring (bicyclic) bond motifs is 1. The molecule has 2 amide bonds. The minimum absolute atomic E-state index is 0.00474. The molecule has 12 heteroatoms. The van der Waals surface area contributed by atoms with Crippen LogP contribution in [0.3, 0.4) is 0 Å². The van der Waals surface area contributed by atoms with Gasteiger partial charge in [0.1, 0.15) is 5.65 Å². The summed E-state index contributed by atoms with van der Waals surface area (Å²) in [6, 6.07) is -0.0732. The lowest BCUT2D eigenvalue weighted by Gasteiger charge is -2.43. The number of halogens is 2. The number of carbonyl (C=O) groups excluding carboxylic acids is 2. The molecule has 3 fully saturated rings. The largest absolute Gasteiger partial charge is 0.492 e. The van der Waals surface area contributed by atoms with Crippen molar-refractivity contribution in [2.75, 3.05) is 26.2 Å². The molecule has 1 aliphatic heterocycles. The molecule has 39 heavy (non-hydrogen) atoms. The standard InChI is InChI=1S/C27H36F2N6O4/c1-16(2)13-34-24-19(12-30-35(24)26(39)22(25(34)38)23(37)31-20-5-6-20)4-7-21(36)33-9-8-32(14-17(33)3)15-18-10-27(28,29)11-18/h4,7,12,16-18,20,39H,5-6,8-11,13-15H2,1-3H3,(H,31,37)/b7-4+/t17-/m0/s1. The number of aromatic hydroxyl groups is 1. The third-order valence-electron chi connectivity index (χ3n) is 7.69. The fourth-order valence-corrected chi connectivity index (χ4v) is 5.61. The van der Waals surface area contributed by atoms with Crippen molar-refractivity contribution in [3.8, 4) is 5.88 Å². The second-order valence-electron chi connectivity index (χ2n) is 11.7. The van der Waals surface area contributed by atoms with Crippen molar-refractivity contribution in [2.45, 2.75) is 71.0 Å². The fraction of sp³-hybridized carbons (Fsp3) is 0.630. The Balaban J connectivity index is 1.34. The number of rotatable bonds is 8. The summed E-state index contributed by atoms with van der Waals surface area (Å²) in [5, 5.41) is 17.8. The molecule has 2 aliphatic carbocycles. The first-order valence-electron chi connectivity index (χ1n) is 13.7. The van der Waals surface area contributed by atoms with Crippen molar-refractivity contribution < 1.29 is 23.5 Å². The van der Waals surface area contributed by atoms with E-state index in [0.717, 1.165) is 12.8 Å². The zero-order valence-corrected chi connectivity index (χ0v) is 22.6. The predicted octanol–water partition coefficient (Wildman–Crippen LogP) is 2.34. The molecule has 0 bridgehead atoms. The van der Waals surface area contributed by atoms with Gasteiger partial charge >= 0.3 is 0 Å². The molecule has 0 unspecified atom stereocenters. The molecule has 2 aromatic rings. The van der Waals surface area contributed by atoms with Gasteiger partial charge in [0.25, 0.3) is 11.5 Å². The summed E-state index contributed by atoms with van der Waals surface area (Å²) >= 11 is 0. The van der Waals surface area contributed by atoms with Crippen LogP contribution in [0, 0.1) is 11.8 Å². The maximum atomic E-state index is 13.4. The van der Waals surface area contributed by atoms with Crippen LogP contribution in [0.15, 0.2) is 17.1 Å². The van der Waals surface area contributed by atoms with Crippen LogP contribution in [0.5, 0.6) is 5.88 Å². The maximum absolute atomic E-state index is 13.4. The number of alkyl halides is 2. The van der Waals surface area contributed by atoms with Crippen LogP contribution in [-0.4, -0.2) is 85.1 Å². The normalized spacial score (nSPS) is 22.1. The molecule has 5 rings (SSSR count). The van der Waals surface area contributed by atoms with Gasteiger partial charge in [0.15, 0.2) is 5.56 Å². The predicted molar refractivity (Wildman–Crippen MR) is 141 cm³/mol. The number of carbonyl (C=O) groups is 2. The number of nitrogens with one attached hydrogen (secondary N) is 1. The van der Waals surface area contributed by atoms with Gasteiger partial charge in [-0.25, -0.2) is 8.78 Å². The summed E-state index contributed by atoms with van der Waals surface area (Å²) in [6.45, 7) is 8.45. The molecule has 1 atom stereocenters. The summed E-state index contributed by atoms with van der Waals surface area (Å²) in [6.07, 6.45) is 6.00. The third kappa shape index (κ3) is 5.70. The molecular formula is C27H36F2N6O4. The lowest BCUT2D eigenvalue weighted by molar-refractivity contribution is -0.132. The average Bonchev–Trinajstić information content (AvgIpc) is 3.54. The highest BCUT2D eigenvalue weighted by Gasteiger charge is 2.46. The van der Waals surface area contributed by atoms with Gasteiger partial charge in [0, 0.05) is 69.3 Å². The van der Waals surface area contributed by atoms with Crippen LogP contribution in [0.4, 0.5) is 8.78 Å². The third-order valence-corrected chi connectivity index (χ3v) is 7.69. The van der Waals surface area contributed by atoms with Crippen molar-refractivity contribution in [1.29, 1.82) is 0 Å². The summed E-state index contributed by atoms with van der Waals surface area (Å²) in [5.74, 6) is -3.83. The zero-order valence-electron chi connectivity index (χ0n) is 22.6. The van der Waals surface area contributed by atoms with E-state index in [4.69, 9.17) is 0 Å². The van der Waals surface area contributed by atoms with Gasteiger partial charge in [-0.05, 0) is 37.7 Å². The highest BCUT2D eigenvalue weighted by Crippen LogP contribution is 2.42. The first-order chi connectivity index (χ1) is 18.4. The van der Waals surface area contributed by atoms with Gasteiger partial charge in [-0.1, -0.05) is 13.8 Å². The van der Waals surface area contributed by atoms with Gasteiger partial charge in [-0.3, -0.25) is 23.9 Å². The van der Waals surface area contributed by atoms with Crippen molar-refractivity contribution >= 4 is 23.5 Å². The van der Waals surface area contributed by atoms with Gasteiger partial charge in [-0.15, -0.1) is 0 Å². The number of piperazine rings is 1. The lowest BCUT2D eigenvalue weighted by atomic mass is 9.81. The molecule has 0 aromatic carbocycles. The van der Waals surface area contributed by atoms with E-state index >= 15 is 0 Å². The molecule has 2 saturated carbocycles. The lowest BCUT2D eigenvalue weighted by Crippen LogP contribution is -2.55. The zero-order chi connectivity index (χ0) is 28.1. The van der Waals surface area contributed by atoms with E-state index in [2.05, 4.69) is 15.3 Å². The second-order valence-corrected chi connectivity index (χ2v) is 11.7. The van der Waals surface area contributed by atoms with Gasteiger partial charge in [-0.2, -0.15) is 9.61 Å². The number of hydrogen-bond donors (Lipinski definition) is 2. The van der Waals surface area contributed by atoms with Gasteiger partial charge in [0.2, 0.25) is 17.7 Å². The van der Waals surface area contributed by atoms with Crippen LogP contribution in [0.25, 0.3) is 11.7 Å². The van der Waals surface area contributed by atoms with Gasteiger partial charge < -0.3 is 15.3 Å². The van der Waals surface area contributed by atoms with Gasteiger partial charge in [0.05, 0.1) is 6.20 Å².